The number of likely N-dealkylation sites (tertiary alicyclic amines) is 1. The maximum absolute atomic E-state index is 13.7. The molecular weight excluding hydrogens is 403 g/mol. The minimum atomic E-state index is -0.0132. The van der Waals surface area contributed by atoms with Gasteiger partial charge in [0.1, 0.15) is 0 Å². The van der Waals surface area contributed by atoms with E-state index in [2.05, 4.69) is 40.1 Å². The molecule has 178 valence electrons. The lowest BCUT2D eigenvalue weighted by Crippen LogP contribution is -2.58. The number of piperidine rings is 1. The van der Waals surface area contributed by atoms with Crippen LogP contribution in [0.25, 0.3) is 5.57 Å². The molecule has 0 bridgehead atoms. The van der Waals surface area contributed by atoms with Gasteiger partial charge in [0.15, 0.2) is 11.6 Å². The number of piperazine rings is 1. The van der Waals surface area contributed by atoms with Crippen LogP contribution in [0.5, 0.6) is 5.75 Å². The summed E-state index contributed by atoms with van der Waals surface area (Å²) < 4.78 is 13.7. The molecule has 0 aliphatic carbocycles. The quantitative estimate of drug-likeness (QED) is 0.595. The fourth-order valence-corrected chi connectivity index (χ4v) is 5.14. The molecule has 1 aromatic heterocycles. The van der Waals surface area contributed by atoms with Gasteiger partial charge in [-0.1, -0.05) is 27.4 Å². The lowest BCUT2D eigenvalue weighted by atomic mass is 9.97. The van der Waals surface area contributed by atoms with Gasteiger partial charge in [0.25, 0.3) is 0 Å². The highest BCUT2D eigenvalue weighted by atomic mass is 19.1. The van der Waals surface area contributed by atoms with Crippen molar-refractivity contribution in [2.75, 3.05) is 44.2 Å². The average molecular weight is 445 g/mol. The largest absolute Gasteiger partial charge is 0.504 e. The summed E-state index contributed by atoms with van der Waals surface area (Å²) in [6.07, 6.45) is 6.82. The first-order valence-electron chi connectivity index (χ1n) is 12.3. The molecule has 1 atom stereocenters. The number of halogens is 1. The highest BCUT2D eigenvalue weighted by molar-refractivity contribution is 5.66. The fourth-order valence-electron chi connectivity index (χ4n) is 5.14. The number of pyridine rings is 1. The minimum absolute atomic E-state index is 0.0132. The van der Waals surface area contributed by atoms with Gasteiger partial charge >= 0.3 is 0 Å². The third-order valence-corrected chi connectivity index (χ3v) is 7.34. The van der Waals surface area contributed by atoms with Crippen LogP contribution in [0, 0.1) is 0 Å². The van der Waals surface area contributed by atoms with Gasteiger partial charge in [-0.25, -0.2) is 9.37 Å². The van der Waals surface area contributed by atoms with E-state index in [0.29, 0.717) is 17.9 Å². The zero-order chi connectivity index (χ0) is 23.3. The molecule has 6 heteroatoms. The summed E-state index contributed by atoms with van der Waals surface area (Å²) in [4.78, 5) is 11.9. The van der Waals surface area contributed by atoms with E-state index in [1.165, 1.54) is 0 Å². The van der Waals surface area contributed by atoms with Crippen molar-refractivity contribution in [2.45, 2.75) is 71.9 Å². The molecule has 0 aromatic carbocycles. The normalized spacial score (nSPS) is 22.2. The Morgan fingerprint density at radius 1 is 1.16 bits per heavy atom. The highest BCUT2D eigenvalue weighted by Gasteiger charge is 2.34. The minimum Gasteiger partial charge on any atom is -0.504 e. The molecule has 0 saturated carbocycles. The number of aromatic hydroxyl groups is 1. The van der Waals surface area contributed by atoms with Gasteiger partial charge < -0.3 is 10.0 Å². The second-order valence-electron chi connectivity index (χ2n) is 9.27. The van der Waals surface area contributed by atoms with Gasteiger partial charge in [-0.2, -0.15) is 0 Å². The molecule has 2 aliphatic rings. The molecule has 3 heterocycles. The SMILES string of the molecule is C=C(CC)c1cnc(N2CCN(C3CCN(C/C(CC)=C(/C)F)CC3)C(CC)C2)c(O)c1. The molecule has 1 unspecified atom stereocenters. The Labute approximate surface area is 193 Å². The molecule has 5 nitrogen and oxygen atoms in total. The molecule has 0 radical (unpaired) electrons. The third kappa shape index (κ3) is 5.70. The standard InChI is InChI=1S/C26H41FN4O/c1-6-19(4)22-15-25(32)26(28-16-22)30-13-14-31(23(8-3)18-30)24-9-11-29(12-10-24)17-21(7-2)20(5)27/h15-16,23-24,32H,4,6-14,17-18H2,1-3,5H3/b21-20-. The number of anilines is 1. The predicted molar refractivity (Wildman–Crippen MR) is 132 cm³/mol. The number of hydrogen-bond donors (Lipinski definition) is 1. The molecule has 32 heavy (non-hydrogen) atoms. The number of hydrogen-bond acceptors (Lipinski definition) is 5. The van der Waals surface area contributed by atoms with Crippen LogP contribution in [-0.2, 0) is 0 Å². The van der Waals surface area contributed by atoms with Gasteiger partial charge in [-0.15, -0.1) is 0 Å². The van der Waals surface area contributed by atoms with Crippen LogP contribution < -0.4 is 4.90 Å². The molecule has 2 aliphatic heterocycles. The Bertz CT molecular complexity index is 812. The van der Waals surface area contributed by atoms with E-state index < -0.39 is 0 Å². The zero-order valence-corrected chi connectivity index (χ0v) is 20.4. The van der Waals surface area contributed by atoms with E-state index in [1.807, 2.05) is 13.1 Å². The molecule has 1 aromatic rings. The molecule has 0 amide bonds. The Kier molecular flexibility index (Phi) is 8.72. The third-order valence-electron chi connectivity index (χ3n) is 7.34. The van der Waals surface area contributed by atoms with Crippen molar-refractivity contribution in [1.29, 1.82) is 0 Å². The Morgan fingerprint density at radius 2 is 1.88 bits per heavy atom. The summed E-state index contributed by atoms with van der Waals surface area (Å²) in [7, 11) is 0. The maximum atomic E-state index is 13.7. The van der Waals surface area contributed by atoms with E-state index >= 15 is 0 Å². The Balaban J connectivity index is 1.60. The van der Waals surface area contributed by atoms with Gasteiger partial charge in [-0.05, 0) is 74.9 Å². The van der Waals surface area contributed by atoms with Crippen molar-refractivity contribution in [3.8, 4) is 5.75 Å². The molecule has 1 N–H and O–H groups in total. The highest BCUT2D eigenvalue weighted by Crippen LogP contribution is 2.32. The monoisotopic (exact) mass is 444 g/mol. The van der Waals surface area contributed by atoms with Gasteiger partial charge in [0.05, 0.1) is 5.83 Å². The Hall–Kier alpha value is -1.92. The van der Waals surface area contributed by atoms with Crippen LogP contribution in [0.1, 0.15) is 65.4 Å². The van der Waals surface area contributed by atoms with Crippen molar-refractivity contribution < 1.29 is 9.50 Å². The van der Waals surface area contributed by atoms with Crippen molar-refractivity contribution in [3.05, 3.63) is 35.8 Å². The summed E-state index contributed by atoms with van der Waals surface area (Å²) in [6, 6.07) is 2.83. The molecule has 2 saturated heterocycles. The van der Waals surface area contributed by atoms with E-state index in [4.69, 9.17) is 0 Å². The molecule has 3 rings (SSSR count). The lowest BCUT2D eigenvalue weighted by Gasteiger charge is -2.47. The zero-order valence-electron chi connectivity index (χ0n) is 20.4. The first-order valence-corrected chi connectivity index (χ1v) is 12.3. The second-order valence-corrected chi connectivity index (χ2v) is 9.27. The number of rotatable bonds is 8. The van der Waals surface area contributed by atoms with Gasteiger partial charge in [-0.3, -0.25) is 9.80 Å². The van der Waals surface area contributed by atoms with Crippen LogP contribution in [0.4, 0.5) is 10.2 Å². The predicted octanol–water partition coefficient (Wildman–Crippen LogP) is 5.23. The maximum Gasteiger partial charge on any atom is 0.171 e. The van der Waals surface area contributed by atoms with Crippen molar-refractivity contribution in [1.82, 2.24) is 14.8 Å². The molecular formula is C26H41FN4O. The van der Waals surface area contributed by atoms with E-state index in [9.17, 15) is 9.50 Å². The van der Waals surface area contributed by atoms with Gasteiger partial charge in [0, 0.05) is 44.5 Å². The summed E-state index contributed by atoms with van der Waals surface area (Å²) in [5.41, 5.74) is 2.84. The molecule has 2 fully saturated rings. The van der Waals surface area contributed by atoms with Crippen LogP contribution in [0.15, 0.2) is 30.2 Å². The number of allylic oxidation sites excluding steroid dienone is 2. The molecule has 0 spiro atoms. The van der Waals surface area contributed by atoms with Crippen LogP contribution >= 0.6 is 0 Å². The van der Waals surface area contributed by atoms with Crippen LogP contribution in [0.3, 0.4) is 0 Å². The van der Waals surface area contributed by atoms with Crippen molar-refractivity contribution in [3.63, 3.8) is 0 Å². The van der Waals surface area contributed by atoms with E-state index in [1.54, 1.807) is 13.0 Å². The number of aromatic nitrogens is 1. The second kappa shape index (κ2) is 11.3. The van der Waals surface area contributed by atoms with Crippen molar-refractivity contribution >= 4 is 11.4 Å². The van der Waals surface area contributed by atoms with Gasteiger partial charge in [0.2, 0.25) is 0 Å². The Morgan fingerprint density at radius 3 is 2.44 bits per heavy atom. The van der Waals surface area contributed by atoms with E-state index in [-0.39, 0.29) is 11.6 Å². The summed E-state index contributed by atoms with van der Waals surface area (Å²) >= 11 is 0. The number of nitrogens with zero attached hydrogens (tertiary/aromatic N) is 4. The smallest absolute Gasteiger partial charge is 0.171 e. The van der Waals surface area contributed by atoms with Crippen molar-refractivity contribution in [2.24, 2.45) is 0 Å². The van der Waals surface area contributed by atoms with Crippen LogP contribution in [-0.4, -0.2) is 71.2 Å². The summed E-state index contributed by atoms with van der Waals surface area (Å²) in [6.45, 7) is 17.5. The lowest BCUT2D eigenvalue weighted by molar-refractivity contribution is 0.0653. The topological polar surface area (TPSA) is 42.8 Å². The summed E-state index contributed by atoms with van der Waals surface area (Å²) in [5, 5.41) is 10.6. The fraction of sp³-hybridized carbons (Fsp3) is 0.654. The van der Waals surface area contributed by atoms with Crippen LogP contribution in [0.2, 0.25) is 0 Å². The first-order chi connectivity index (χ1) is 15.4. The first kappa shape index (κ1) is 24.7. The summed E-state index contributed by atoms with van der Waals surface area (Å²) in [5.74, 6) is 0.920. The average Bonchev–Trinajstić information content (AvgIpc) is 2.81. The van der Waals surface area contributed by atoms with E-state index in [0.717, 1.165) is 88.1 Å².